The number of rotatable bonds is 0. The van der Waals surface area contributed by atoms with Gasteiger partial charge >= 0.3 is 0 Å². The molecule has 6 bridgehead atoms. The van der Waals surface area contributed by atoms with E-state index in [0.717, 1.165) is 5.03 Å². The standard InChI is InChI=1S/C36H27Cl/c37-27-17-26-32-28-18-9-1-5-13-22(18)30(23-14-6-2-10-19(23)28)35(32)34(27)36-31-24-15-7-3-11-20(24)29(33(26)36)21-12-4-8-16-25(21)31/h1-17,26,28-36H/t26?,28?,29?,30?,31?,32-,33+,34?,35-,36+. The minimum absolute atomic E-state index is 0.421. The summed E-state index contributed by atoms with van der Waals surface area (Å²) in [4.78, 5) is 0. The molecule has 9 aliphatic rings. The first kappa shape index (κ1) is 19.9. The molecular weight excluding hydrogens is 468 g/mol. The van der Waals surface area contributed by atoms with E-state index in [1.165, 1.54) is 0 Å². The molecule has 0 amide bonds. The molecule has 1 heteroatoms. The lowest BCUT2D eigenvalue weighted by molar-refractivity contribution is -0.0497. The van der Waals surface area contributed by atoms with Gasteiger partial charge < -0.3 is 0 Å². The predicted octanol–water partition coefficient (Wildman–Crippen LogP) is 8.42. The fourth-order valence-corrected chi connectivity index (χ4v) is 11.2. The number of allylic oxidation sites excluding steroid dienone is 2. The molecule has 2 unspecified atom stereocenters. The molecule has 1 saturated carbocycles. The Morgan fingerprint density at radius 2 is 0.649 bits per heavy atom. The Hall–Kier alpha value is -3.09. The lowest BCUT2D eigenvalue weighted by Gasteiger charge is -2.68. The summed E-state index contributed by atoms with van der Waals surface area (Å²) < 4.78 is 0. The first-order valence-corrected chi connectivity index (χ1v) is 14.4. The molecule has 0 heterocycles. The van der Waals surface area contributed by atoms with E-state index >= 15 is 0 Å². The Bertz CT molecular complexity index is 1470. The Morgan fingerprint density at radius 3 is 0.946 bits per heavy atom. The van der Waals surface area contributed by atoms with Gasteiger partial charge in [0.05, 0.1) is 0 Å². The van der Waals surface area contributed by atoms with Gasteiger partial charge in [0.15, 0.2) is 0 Å². The van der Waals surface area contributed by atoms with E-state index in [-0.39, 0.29) is 0 Å². The molecule has 0 radical (unpaired) electrons. The van der Waals surface area contributed by atoms with Gasteiger partial charge in [0.1, 0.15) is 0 Å². The fourth-order valence-electron chi connectivity index (χ4n) is 10.8. The molecule has 0 saturated heterocycles. The van der Waals surface area contributed by atoms with Crippen LogP contribution in [0.4, 0.5) is 0 Å². The van der Waals surface area contributed by atoms with Gasteiger partial charge in [-0.15, -0.1) is 0 Å². The zero-order valence-electron chi connectivity index (χ0n) is 20.5. The van der Waals surface area contributed by atoms with Gasteiger partial charge in [-0.1, -0.05) is 115 Å². The van der Waals surface area contributed by atoms with E-state index < -0.39 is 0 Å². The summed E-state index contributed by atoms with van der Waals surface area (Å²) in [5.74, 6) is 5.19. The largest absolute Gasteiger partial charge is 0.0892 e. The summed E-state index contributed by atoms with van der Waals surface area (Å²) in [6.45, 7) is 0. The molecule has 4 aromatic carbocycles. The van der Waals surface area contributed by atoms with Crippen LogP contribution >= 0.6 is 11.6 Å². The van der Waals surface area contributed by atoms with Crippen LogP contribution in [0.1, 0.15) is 68.2 Å². The second-order valence-electron chi connectivity index (χ2n) is 12.4. The van der Waals surface area contributed by atoms with Crippen molar-refractivity contribution in [3.8, 4) is 0 Å². The number of hydrogen-bond acceptors (Lipinski definition) is 0. The second kappa shape index (κ2) is 6.66. The van der Waals surface area contributed by atoms with Crippen LogP contribution in [0.3, 0.4) is 0 Å². The van der Waals surface area contributed by atoms with Gasteiger partial charge in [0.2, 0.25) is 0 Å². The molecule has 6 atom stereocenters. The van der Waals surface area contributed by atoms with Crippen molar-refractivity contribution < 1.29 is 0 Å². The first-order valence-electron chi connectivity index (χ1n) is 14.1. The van der Waals surface area contributed by atoms with Crippen LogP contribution in [0.2, 0.25) is 0 Å². The van der Waals surface area contributed by atoms with Crippen molar-refractivity contribution in [3.63, 3.8) is 0 Å². The van der Waals surface area contributed by atoms with Crippen LogP contribution in [-0.2, 0) is 0 Å². The highest BCUT2D eigenvalue weighted by atomic mass is 35.5. The third-order valence-electron chi connectivity index (χ3n) is 11.5. The van der Waals surface area contributed by atoms with Crippen molar-refractivity contribution >= 4 is 11.6 Å². The van der Waals surface area contributed by atoms with E-state index in [0.29, 0.717) is 59.2 Å². The highest BCUT2D eigenvalue weighted by Crippen LogP contribution is 2.76. The molecule has 0 spiro atoms. The maximum Gasteiger partial charge on any atom is 0.0181 e. The normalized spacial score (nSPS) is 38.0. The summed E-state index contributed by atoms with van der Waals surface area (Å²) in [5, 5.41) is 1.16. The molecule has 178 valence electrons. The zero-order valence-corrected chi connectivity index (χ0v) is 21.2. The Labute approximate surface area is 223 Å². The highest BCUT2D eigenvalue weighted by molar-refractivity contribution is 6.30. The predicted molar refractivity (Wildman–Crippen MR) is 148 cm³/mol. The summed E-state index contributed by atoms with van der Waals surface area (Å²) in [5.41, 5.74) is 12.6. The molecule has 0 N–H and O–H groups in total. The second-order valence-corrected chi connectivity index (χ2v) is 12.8. The summed E-state index contributed by atoms with van der Waals surface area (Å²) in [6, 6.07) is 37.5. The molecule has 0 aliphatic heterocycles. The van der Waals surface area contributed by atoms with Crippen molar-refractivity contribution in [1.29, 1.82) is 0 Å². The maximum atomic E-state index is 7.40. The van der Waals surface area contributed by atoms with Crippen LogP contribution in [0.15, 0.2) is 108 Å². The Kier molecular flexibility index (Phi) is 3.59. The van der Waals surface area contributed by atoms with Crippen molar-refractivity contribution in [1.82, 2.24) is 0 Å². The summed E-state index contributed by atoms with van der Waals surface area (Å²) in [6.07, 6.45) is 2.55. The van der Waals surface area contributed by atoms with E-state index in [1.54, 1.807) is 44.5 Å². The van der Waals surface area contributed by atoms with Crippen molar-refractivity contribution in [3.05, 3.63) is 153 Å². The molecule has 4 aromatic rings. The van der Waals surface area contributed by atoms with E-state index in [2.05, 4.69) is 103 Å². The van der Waals surface area contributed by atoms with Crippen molar-refractivity contribution in [2.45, 2.75) is 23.7 Å². The number of benzene rings is 4. The van der Waals surface area contributed by atoms with Crippen LogP contribution in [0, 0.1) is 35.5 Å². The number of hydrogen-bond donors (Lipinski definition) is 0. The smallest absolute Gasteiger partial charge is 0.0181 e. The highest BCUT2D eigenvalue weighted by Gasteiger charge is 2.68. The average molecular weight is 495 g/mol. The molecular formula is C36H27Cl. The monoisotopic (exact) mass is 494 g/mol. The number of halogens is 1. The van der Waals surface area contributed by atoms with Gasteiger partial charge in [0, 0.05) is 34.6 Å². The molecule has 0 nitrogen and oxygen atoms in total. The fraction of sp³-hybridized carbons (Fsp3) is 0.278. The van der Waals surface area contributed by atoms with E-state index in [1.807, 2.05) is 0 Å². The Balaban J connectivity index is 1.26. The lowest BCUT2D eigenvalue weighted by atomic mass is 9.35. The quantitative estimate of drug-likeness (QED) is 0.230. The molecule has 37 heavy (non-hydrogen) atoms. The topological polar surface area (TPSA) is 0 Å². The van der Waals surface area contributed by atoms with Gasteiger partial charge in [0.25, 0.3) is 0 Å². The maximum absolute atomic E-state index is 7.40. The van der Waals surface area contributed by atoms with Crippen LogP contribution < -0.4 is 0 Å². The minimum atomic E-state index is 0.421. The Morgan fingerprint density at radius 1 is 0.378 bits per heavy atom. The third kappa shape index (κ3) is 2.15. The summed E-state index contributed by atoms with van der Waals surface area (Å²) in [7, 11) is 0. The van der Waals surface area contributed by atoms with Crippen molar-refractivity contribution in [2.24, 2.45) is 35.5 Å². The van der Waals surface area contributed by atoms with Gasteiger partial charge in [-0.2, -0.15) is 0 Å². The van der Waals surface area contributed by atoms with Gasteiger partial charge in [-0.25, -0.2) is 0 Å². The lowest BCUT2D eigenvalue weighted by Crippen LogP contribution is -2.61. The summed E-state index contributed by atoms with van der Waals surface area (Å²) >= 11 is 7.40. The van der Waals surface area contributed by atoms with Crippen LogP contribution in [0.25, 0.3) is 0 Å². The molecule has 1 fully saturated rings. The van der Waals surface area contributed by atoms with Crippen molar-refractivity contribution in [2.75, 3.05) is 0 Å². The van der Waals surface area contributed by atoms with Gasteiger partial charge in [-0.3, -0.25) is 0 Å². The minimum Gasteiger partial charge on any atom is -0.0892 e. The molecule has 13 rings (SSSR count). The van der Waals surface area contributed by atoms with E-state index in [4.69, 9.17) is 11.6 Å². The third-order valence-corrected chi connectivity index (χ3v) is 11.9. The van der Waals surface area contributed by atoms with Crippen LogP contribution in [0.5, 0.6) is 0 Å². The molecule has 9 aliphatic carbocycles. The van der Waals surface area contributed by atoms with Gasteiger partial charge in [-0.05, 0) is 74.1 Å². The molecule has 0 aromatic heterocycles. The van der Waals surface area contributed by atoms with E-state index in [9.17, 15) is 0 Å². The first-order chi connectivity index (χ1) is 18.3. The van der Waals surface area contributed by atoms with Crippen LogP contribution in [-0.4, -0.2) is 0 Å². The SMILES string of the molecule is ClC1=CC2[C@H]3C4c5ccccc5C(c5ccccc54)[C@@H]3C1[C@@H]1C3c4ccccc4C(c4ccccc43)[C@@H]21. The average Bonchev–Trinajstić information content (AvgIpc) is 2.96. The zero-order chi connectivity index (χ0) is 24.0.